The van der Waals surface area contributed by atoms with Crippen molar-refractivity contribution in [2.24, 2.45) is 0 Å². The van der Waals surface area contributed by atoms with Crippen LogP contribution in [0, 0.1) is 0 Å². The monoisotopic (exact) mass is 450 g/mol. The molecule has 4 aromatic rings. The van der Waals surface area contributed by atoms with Crippen molar-refractivity contribution in [3.05, 3.63) is 103 Å². The SMILES string of the molecule is O=C(Nc1ccc(N2CCN(C(=O)Nc3ccccc3)CC2)cc1)c1cccc2ccccc12. The predicted octanol–water partition coefficient (Wildman–Crippen LogP) is 5.45. The number of para-hydroxylation sites is 1. The number of amides is 3. The first-order chi connectivity index (χ1) is 16.7. The standard InChI is InChI=1S/C28H26N4O2/c33-27(26-12-6-8-21-7-4-5-11-25(21)26)29-23-13-15-24(16-14-23)31-17-19-32(20-18-31)28(34)30-22-9-2-1-3-10-22/h1-16H,17-20H2,(H,29,33)(H,30,34). The van der Waals surface area contributed by atoms with E-state index in [1.807, 2.05) is 102 Å². The lowest BCUT2D eigenvalue weighted by atomic mass is 10.0. The van der Waals surface area contributed by atoms with E-state index < -0.39 is 0 Å². The summed E-state index contributed by atoms with van der Waals surface area (Å²) in [6.07, 6.45) is 0. The van der Waals surface area contributed by atoms with Gasteiger partial charge in [0.15, 0.2) is 0 Å². The number of hydrogen-bond donors (Lipinski definition) is 2. The second-order valence-corrected chi connectivity index (χ2v) is 8.30. The van der Waals surface area contributed by atoms with Crippen LogP contribution in [0.3, 0.4) is 0 Å². The van der Waals surface area contributed by atoms with Crippen LogP contribution >= 0.6 is 0 Å². The Morgan fingerprint density at radius 1 is 0.618 bits per heavy atom. The van der Waals surface area contributed by atoms with Gasteiger partial charge in [0.05, 0.1) is 0 Å². The molecule has 6 heteroatoms. The minimum atomic E-state index is -0.123. The highest BCUT2D eigenvalue weighted by atomic mass is 16.2. The molecule has 4 aromatic carbocycles. The summed E-state index contributed by atoms with van der Waals surface area (Å²) in [7, 11) is 0. The van der Waals surface area contributed by atoms with E-state index in [0.29, 0.717) is 18.7 Å². The fourth-order valence-corrected chi connectivity index (χ4v) is 4.27. The number of nitrogens with zero attached hydrogens (tertiary/aromatic N) is 2. The Hall–Kier alpha value is -4.32. The smallest absolute Gasteiger partial charge is 0.321 e. The molecule has 5 rings (SSSR count). The molecule has 0 bridgehead atoms. The van der Waals surface area contributed by atoms with Gasteiger partial charge in [0.2, 0.25) is 0 Å². The summed E-state index contributed by atoms with van der Waals surface area (Å²) in [5.74, 6) is -0.123. The molecule has 0 spiro atoms. The van der Waals surface area contributed by atoms with E-state index >= 15 is 0 Å². The zero-order valence-corrected chi connectivity index (χ0v) is 18.8. The molecule has 3 amide bonds. The summed E-state index contributed by atoms with van der Waals surface area (Å²) >= 11 is 0. The molecule has 1 saturated heterocycles. The average Bonchev–Trinajstić information content (AvgIpc) is 2.89. The fourth-order valence-electron chi connectivity index (χ4n) is 4.27. The van der Waals surface area contributed by atoms with E-state index in [1.165, 1.54) is 0 Å². The highest BCUT2D eigenvalue weighted by Gasteiger charge is 2.21. The van der Waals surface area contributed by atoms with Crippen LogP contribution in [-0.2, 0) is 0 Å². The summed E-state index contributed by atoms with van der Waals surface area (Å²) in [4.78, 5) is 29.5. The third-order valence-electron chi connectivity index (χ3n) is 6.12. The number of carbonyl (C=O) groups is 2. The third-order valence-corrected chi connectivity index (χ3v) is 6.12. The molecule has 1 fully saturated rings. The van der Waals surface area contributed by atoms with Crippen molar-refractivity contribution in [3.8, 4) is 0 Å². The van der Waals surface area contributed by atoms with Gasteiger partial charge in [-0.05, 0) is 53.2 Å². The molecule has 170 valence electrons. The number of urea groups is 1. The largest absolute Gasteiger partial charge is 0.368 e. The molecule has 6 nitrogen and oxygen atoms in total. The highest BCUT2D eigenvalue weighted by Crippen LogP contribution is 2.23. The van der Waals surface area contributed by atoms with Crippen LogP contribution in [0.5, 0.6) is 0 Å². The zero-order valence-electron chi connectivity index (χ0n) is 18.8. The van der Waals surface area contributed by atoms with E-state index in [2.05, 4.69) is 15.5 Å². The molecule has 0 aliphatic carbocycles. The van der Waals surface area contributed by atoms with Gasteiger partial charge < -0.3 is 20.4 Å². The van der Waals surface area contributed by atoms with Crippen LogP contribution < -0.4 is 15.5 Å². The number of rotatable bonds is 4. The Morgan fingerprint density at radius 2 is 1.26 bits per heavy atom. The Kier molecular flexibility index (Phi) is 6.12. The number of benzene rings is 4. The summed E-state index contributed by atoms with van der Waals surface area (Å²) < 4.78 is 0. The molecule has 0 aromatic heterocycles. The first-order valence-corrected chi connectivity index (χ1v) is 11.4. The van der Waals surface area contributed by atoms with Crippen LogP contribution in [0.15, 0.2) is 97.1 Å². The van der Waals surface area contributed by atoms with Crippen LogP contribution in [0.2, 0.25) is 0 Å². The van der Waals surface area contributed by atoms with Crippen LogP contribution in [0.4, 0.5) is 21.9 Å². The lowest BCUT2D eigenvalue weighted by molar-refractivity contribution is 0.102. The number of piperazine rings is 1. The van der Waals surface area contributed by atoms with Gasteiger partial charge in [0.1, 0.15) is 0 Å². The van der Waals surface area contributed by atoms with E-state index in [1.54, 1.807) is 0 Å². The van der Waals surface area contributed by atoms with Crippen LogP contribution in [-0.4, -0.2) is 43.0 Å². The molecule has 0 saturated carbocycles. The van der Waals surface area contributed by atoms with E-state index in [4.69, 9.17) is 0 Å². The van der Waals surface area contributed by atoms with Crippen molar-refractivity contribution in [1.29, 1.82) is 0 Å². The second-order valence-electron chi connectivity index (χ2n) is 8.30. The number of anilines is 3. The summed E-state index contributed by atoms with van der Waals surface area (Å²) in [5.41, 5.74) is 3.29. The molecular weight excluding hydrogens is 424 g/mol. The number of fused-ring (bicyclic) bond motifs is 1. The molecule has 0 radical (unpaired) electrons. The maximum Gasteiger partial charge on any atom is 0.321 e. The Bertz CT molecular complexity index is 1290. The summed E-state index contributed by atoms with van der Waals surface area (Å²) in [5, 5.41) is 7.93. The van der Waals surface area contributed by atoms with E-state index in [0.717, 1.165) is 40.9 Å². The molecule has 1 aliphatic heterocycles. The summed E-state index contributed by atoms with van der Waals surface area (Å²) in [6.45, 7) is 2.81. The topological polar surface area (TPSA) is 64.7 Å². The van der Waals surface area contributed by atoms with Crippen molar-refractivity contribution in [2.75, 3.05) is 41.7 Å². The Balaban J connectivity index is 1.18. The molecule has 1 aliphatic rings. The van der Waals surface area contributed by atoms with Crippen molar-refractivity contribution >= 4 is 39.8 Å². The number of hydrogen-bond acceptors (Lipinski definition) is 3. The van der Waals surface area contributed by atoms with E-state index in [-0.39, 0.29) is 11.9 Å². The van der Waals surface area contributed by atoms with Gasteiger partial charge in [-0.3, -0.25) is 4.79 Å². The normalized spacial score (nSPS) is 13.5. The fraction of sp³-hybridized carbons (Fsp3) is 0.143. The van der Waals surface area contributed by atoms with Crippen LogP contribution in [0.1, 0.15) is 10.4 Å². The van der Waals surface area contributed by atoms with Crippen molar-refractivity contribution in [1.82, 2.24) is 4.90 Å². The maximum atomic E-state index is 12.9. The summed E-state index contributed by atoms with van der Waals surface area (Å²) in [6, 6.07) is 30.9. The van der Waals surface area contributed by atoms with Gasteiger partial charge in [-0.1, -0.05) is 54.6 Å². The second kappa shape index (κ2) is 9.67. The lowest BCUT2D eigenvalue weighted by Gasteiger charge is -2.36. The van der Waals surface area contributed by atoms with Gasteiger partial charge in [0, 0.05) is 48.8 Å². The number of carbonyl (C=O) groups excluding carboxylic acids is 2. The number of nitrogens with one attached hydrogen (secondary N) is 2. The van der Waals surface area contributed by atoms with Gasteiger partial charge in [-0.15, -0.1) is 0 Å². The van der Waals surface area contributed by atoms with Gasteiger partial charge >= 0.3 is 6.03 Å². The van der Waals surface area contributed by atoms with Gasteiger partial charge in [-0.25, -0.2) is 4.79 Å². The van der Waals surface area contributed by atoms with Gasteiger partial charge in [0.25, 0.3) is 5.91 Å². The quantitative estimate of drug-likeness (QED) is 0.435. The van der Waals surface area contributed by atoms with Crippen molar-refractivity contribution in [2.45, 2.75) is 0 Å². The molecule has 34 heavy (non-hydrogen) atoms. The maximum absolute atomic E-state index is 12.9. The van der Waals surface area contributed by atoms with Crippen molar-refractivity contribution < 1.29 is 9.59 Å². The minimum absolute atomic E-state index is 0.0719. The molecular formula is C28H26N4O2. The molecule has 0 atom stereocenters. The zero-order chi connectivity index (χ0) is 23.3. The molecule has 1 heterocycles. The van der Waals surface area contributed by atoms with Crippen LogP contribution in [0.25, 0.3) is 10.8 Å². The Morgan fingerprint density at radius 3 is 2.03 bits per heavy atom. The first kappa shape index (κ1) is 21.5. The molecule has 0 unspecified atom stereocenters. The predicted molar refractivity (Wildman–Crippen MR) is 138 cm³/mol. The average molecular weight is 451 g/mol. The minimum Gasteiger partial charge on any atom is -0.368 e. The highest BCUT2D eigenvalue weighted by molar-refractivity contribution is 6.12. The van der Waals surface area contributed by atoms with E-state index in [9.17, 15) is 9.59 Å². The third kappa shape index (κ3) is 4.71. The first-order valence-electron chi connectivity index (χ1n) is 11.4. The molecule has 2 N–H and O–H groups in total. The lowest BCUT2D eigenvalue weighted by Crippen LogP contribution is -2.50. The Labute approximate surface area is 198 Å². The van der Waals surface area contributed by atoms with Gasteiger partial charge in [-0.2, -0.15) is 0 Å². The van der Waals surface area contributed by atoms with Crippen molar-refractivity contribution in [3.63, 3.8) is 0 Å².